The molecular formula is C22H32N4O2. The second-order valence-electron chi connectivity index (χ2n) is 7.25. The van der Waals surface area contributed by atoms with Crippen molar-refractivity contribution in [3.8, 4) is 5.75 Å². The molecule has 1 fully saturated rings. The van der Waals surface area contributed by atoms with E-state index in [2.05, 4.69) is 28.3 Å². The Morgan fingerprint density at radius 3 is 2.50 bits per heavy atom. The van der Waals surface area contributed by atoms with Crippen LogP contribution in [0.1, 0.15) is 42.9 Å². The Hall–Kier alpha value is -2.34. The molecule has 1 aliphatic rings. The number of ether oxygens (including phenoxy) is 1. The number of piperazine rings is 1. The molecule has 0 bridgehead atoms. The molecule has 6 nitrogen and oxygen atoms in total. The minimum absolute atomic E-state index is 0.114. The third kappa shape index (κ3) is 5.35. The van der Waals surface area contributed by atoms with Crippen LogP contribution in [-0.2, 0) is 13.0 Å². The van der Waals surface area contributed by atoms with Gasteiger partial charge in [0.15, 0.2) is 0 Å². The molecule has 0 spiro atoms. The molecule has 1 amide bonds. The number of benzene rings is 1. The summed E-state index contributed by atoms with van der Waals surface area (Å²) in [6.45, 7) is 10.3. The predicted octanol–water partition coefficient (Wildman–Crippen LogP) is 3.08. The summed E-state index contributed by atoms with van der Waals surface area (Å²) in [6, 6.07) is 7.55. The lowest BCUT2D eigenvalue weighted by Crippen LogP contribution is -2.49. The van der Waals surface area contributed by atoms with E-state index in [9.17, 15) is 4.79 Å². The van der Waals surface area contributed by atoms with Gasteiger partial charge in [0.05, 0.1) is 6.61 Å². The fraction of sp³-hybridized carbons (Fsp3) is 0.545. The number of imidazole rings is 1. The summed E-state index contributed by atoms with van der Waals surface area (Å²) in [5.74, 6) is 2.08. The van der Waals surface area contributed by atoms with E-state index >= 15 is 0 Å². The normalized spacial score (nSPS) is 15.0. The van der Waals surface area contributed by atoms with Crippen molar-refractivity contribution < 1.29 is 9.53 Å². The van der Waals surface area contributed by atoms with Crippen LogP contribution in [0.5, 0.6) is 5.75 Å². The van der Waals surface area contributed by atoms with Crippen LogP contribution in [0.15, 0.2) is 36.7 Å². The van der Waals surface area contributed by atoms with Gasteiger partial charge in [-0.25, -0.2) is 4.98 Å². The van der Waals surface area contributed by atoms with Crippen molar-refractivity contribution >= 4 is 5.91 Å². The van der Waals surface area contributed by atoms with E-state index in [1.54, 1.807) is 0 Å². The van der Waals surface area contributed by atoms with Gasteiger partial charge in [-0.3, -0.25) is 9.69 Å². The van der Waals surface area contributed by atoms with Gasteiger partial charge in [0, 0.05) is 63.6 Å². The Morgan fingerprint density at radius 1 is 1.07 bits per heavy atom. The highest BCUT2D eigenvalue weighted by molar-refractivity contribution is 5.94. The van der Waals surface area contributed by atoms with Crippen LogP contribution in [0.3, 0.4) is 0 Å². The van der Waals surface area contributed by atoms with E-state index in [0.29, 0.717) is 0 Å². The second-order valence-corrected chi connectivity index (χ2v) is 7.25. The molecule has 152 valence electrons. The lowest BCUT2D eigenvalue weighted by Gasteiger charge is -2.35. The number of carbonyl (C=O) groups is 1. The maximum atomic E-state index is 12.8. The Bertz CT molecular complexity index is 733. The summed E-state index contributed by atoms with van der Waals surface area (Å²) >= 11 is 0. The third-order valence-corrected chi connectivity index (χ3v) is 5.30. The average molecular weight is 385 g/mol. The maximum Gasteiger partial charge on any atom is 0.253 e. The topological polar surface area (TPSA) is 50.6 Å². The highest BCUT2D eigenvalue weighted by Gasteiger charge is 2.22. The van der Waals surface area contributed by atoms with Crippen molar-refractivity contribution in [2.45, 2.75) is 39.7 Å². The smallest absolute Gasteiger partial charge is 0.253 e. The zero-order valence-electron chi connectivity index (χ0n) is 17.1. The van der Waals surface area contributed by atoms with Crippen LogP contribution in [0.4, 0.5) is 0 Å². The van der Waals surface area contributed by atoms with Gasteiger partial charge in [0.2, 0.25) is 0 Å². The van der Waals surface area contributed by atoms with Gasteiger partial charge in [-0.2, -0.15) is 0 Å². The van der Waals surface area contributed by atoms with Crippen molar-refractivity contribution in [1.29, 1.82) is 0 Å². The number of hydrogen-bond acceptors (Lipinski definition) is 4. The third-order valence-electron chi connectivity index (χ3n) is 5.30. The summed E-state index contributed by atoms with van der Waals surface area (Å²) in [4.78, 5) is 21.5. The molecule has 1 saturated heterocycles. The molecule has 2 heterocycles. The SMILES string of the molecule is CCCCOc1ccc(C(=O)N2CCN(CCn3ccnc3CC)CC2)cc1. The van der Waals surface area contributed by atoms with Gasteiger partial charge in [0.25, 0.3) is 5.91 Å². The Labute approximate surface area is 168 Å². The molecule has 2 aromatic rings. The van der Waals surface area contributed by atoms with Gasteiger partial charge < -0.3 is 14.2 Å². The molecule has 0 N–H and O–H groups in total. The van der Waals surface area contributed by atoms with Gasteiger partial charge >= 0.3 is 0 Å². The molecule has 1 aliphatic heterocycles. The van der Waals surface area contributed by atoms with Crippen LogP contribution < -0.4 is 4.74 Å². The van der Waals surface area contributed by atoms with E-state index in [-0.39, 0.29) is 5.91 Å². The van der Waals surface area contributed by atoms with Gasteiger partial charge in [-0.1, -0.05) is 20.3 Å². The highest BCUT2D eigenvalue weighted by Crippen LogP contribution is 2.15. The minimum Gasteiger partial charge on any atom is -0.494 e. The number of aryl methyl sites for hydroxylation is 1. The molecule has 6 heteroatoms. The zero-order valence-corrected chi connectivity index (χ0v) is 17.1. The van der Waals surface area contributed by atoms with E-state index in [1.165, 1.54) is 0 Å². The first-order chi connectivity index (χ1) is 13.7. The summed E-state index contributed by atoms with van der Waals surface area (Å²) in [5.41, 5.74) is 0.738. The molecular weight excluding hydrogens is 352 g/mol. The maximum absolute atomic E-state index is 12.8. The number of carbonyl (C=O) groups excluding carboxylic acids is 1. The number of nitrogens with zero attached hydrogens (tertiary/aromatic N) is 4. The number of amides is 1. The van der Waals surface area contributed by atoms with E-state index < -0.39 is 0 Å². The summed E-state index contributed by atoms with van der Waals surface area (Å²) < 4.78 is 7.90. The molecule has 0 saturated carbocycles. The molecule has 0 aliphatic carbocycles. The molecule has 1 aromatic heterocycles. The van der Waals surface area contributed by atoms with Crippen molar-refractivity contribution in [1.82, 2.24) is 19.4 Å². The van der Waals surface area contributed by atoms with Crippen LogP contribution in [0.25, 0.3) is 0 Å². The van der Waals surface area contributed by atoms with E-state index in [0.717, 1.165) is 82.3 Å². The second kappa shape index (κ2) is 10.3. The lowest BCUT2D eigenvalue weighted by atomic mass is 10.1. The molecule has 0 radical (unpaired) electrons. The summed E-state index contributed by atoms with van der Waals surface area (Å²) in [7, 11) is 0. The fourth-order valence-corrected chi connectivity index (χ4v) is 3.49. The molecule has 28 heavy (non-hydrogen) atoms. The Morgan fingerprint density at radius 2 is 1.82 bits per heavy atom. The van der Waals surface area contributed by atoms with Gasteiger partial charge in [-0.05, 0) is 30.7 Å². The average Bonchev–Trinajstić information content (AvgIpc) is 3.20. The van der Waals surface area contributed by atoms with Gasteiger partial charge in [0.1, 0.15) is 11.6 Å². The van der Waals surface area contributed by atoms with Crippen LogP contribution in [-0.4, -0.2) is 64.6 Å². The number of aromatic nitrogens is 2. The quantitative estimate of drug-likeness (QED) is 0.624. The van der Waals surface area contributed by atoms with Crippen LogP contribution in [0.2, 0.25) is 0 Å². The first kappa shape index (κ1) is 20.4. The van der Waals surface area contributed by atoms with Crippen LogP contribution >= 0.6 is 0 Å². The fourth-order valence-electron chi connectivity index (χ4n) is 3.49. The minimum atomic E-state index is 0.114. The molecule has 0 unspecified atom stereocenters. The molecule has 1 aromatic carbocycles. The standard InChI is InChI=1S/C22H32N4O2/c1-3-5-18-28-20-8-6-19(7-9-20)22(27)26-16-13-24(14-17-26)12-15-25-11-10-23-21(25)4-2/h6-11H,3-5,12-18H2,1-2H3. The highest BCUT2D eigenvalue weighted by atomic mass is 16.5. The van der Waals surface area contributed by atoms with Crippen molar-refractivity contribution in [2.75, 3.05) is 39.3 Å². The van der Waals surface area contributed by atoms with Crippen molar-refractivity contribution in [3.05, 3.63) is 48.0 Å². The van der Waals surface area contributed by atoms with E-state index in [4.69, 9.17) is 4.74 Å². The van der Waals surface area contributed by atoms with Crippen LogP contribution in [0, 0.1) is 0 Å². The van der Waals surface area contributed by atoms with Crippen molar-refractivity contribution in [3.63, 3.8) is 0 Å². The predicted molar refractivity (Wildman–Crippen MR) is 111 cm³/mol. The molecule has 3 rings (SSSR count). The zero-order chi connectivity index (χ0) is 19.8. The van der Waals surface area contributed by atoms with Crippen molar-refractivity contribution in [2.24, 2.45) is 0 Å². The Balaban J connectivity index is 1.44. The Kier molecular flexibility index (Phi) is 7.48. The lowest BCUT2D eigenvalue weighted by molar-refractivity contribution is 0.0633. The summed E-state index contributed by atoms with van der Waals surface area (Å²) in [5, 5.41) is 0. The summed E-state index contributed by atoms with van der Waals surface area (Å²) in [6.07, 6.45) is 7.04. The number of hydrogen-bond donors (Lipinski definition) is 0. The number of unbranched alkanes of at least 4 members (excludes halogenated alkanes) is 1. The first-order valence-corrected chi connectivity index (χ1v) is 10.5. The molecule has 0 atom stereocenters. The van der Waals surface area contributed by atoms with E-state index in [1.807, 2.05) is 41.6 Å². The number of rotatable bonds is 9. The monoisotopic (exact) mass is 384 g/mol. The first-order valence-electron chi connectivity index (χ1n) is 10.5. The van der Waals surface area contributed by atoms with Gasteiger partial charge in [-0.15, -0.1) is 0 Å². The largest absolute Gasteiger partial charge is 0.494 e.